The summed E-state index contributed by atoms with van der Waals surface area (Å²) in [6, 6.07) is 0.653. The molecule has 0 aromatic carbocycles. The van der Waals surface area contributed by atoms with Crippen LogP contribution in [0.25, 0.3) is 0 Å². The van der Waals surface area contributed by atoms with E-state index in [-0.39, 0.29) is 6.09 Å². The van der Waals surface area contributed by atoms with Crippen LogP contribution in [0.1, 0.15) is 59.3 Å². The molecule has 0 aromatic heterocycles. The van der Waals surface area contributed by atoms with E-state index in [0.717, 1.165) is 38.2 Å². The lowest BCUT2D eigenvalue weighted by atomic mass is 10.00. The lowest BCUT2D eigenvalue weighted by Gasteiger charge is -2.39. The Hall–Kier alpha value is -0.770. The van der Waals surface area contributed by atoms with Crippen LogP contribution in [0.5, 0.6) is 0 Å². The van der Waals surface area contributed by atoms with Crippen molar-refractivity contribution in [2.75, 3.05) is 6.61 Å². The molecule has 4 nitrogen and oxygen atoms in total. The molecule has 2 bridgehead atoms. The van der Waals surface area contributed by atoms with Crippen LogP contribution in [0, 0.1) is 5.92 Å². The monoisotopic (exact) mass is 281 g/mol. The van der Waals surface area contributed by atoms with Crippen molar-refractivity contribution < 1.29 is 14.3 Å². The number of piperidine rings is 1. The minimum atomic E-state index is -0.407. The van der Waals surface area contributed by atoms with Gasteiger partial charge < -0.3 is 14.4 Å². The summed E-state index contributed by atoms with van der Waals surface area (Å²) in [5.74, 6) is 0.816. The molecule has 0 radical (unpaired) electrons. The summed E-state index contributed by atoms with van der Waals surface area (Å²) in [5.41, 5.74) is -0.407. The highest BCUT2D eigenvalue weighted by molar-refractivity contribution is 5.69. The average molecular weight is 281 g/mol. The van der Waals surface area contributed by atoms with Crippen LogP contribution >= 0.6 is 0 Å². The minimum Gasteiger partial charge on any atom is -0.444 e. The van der Waals surface area contributed by atoms with E-state index in [1.54, 1.807) is 0 Å². The number of rotatable bonds is 3. The van der Waals surface area contributed by atoms with Gasteiger partial charge in [-0.25, -0.2) is 4.79 Å². The fourth-order valence-electron chi connectivity index (χ4n) is 3.43. The fourth-order valence-corrected chi connectivity index (χ4v) is 3.43. The quantitative estimate of drug-likeness (QED) is 0.796. The van der Waals surface area contributed by atoms with Gasteiger partial charge in [-0.1, -0.05) is 0 Å². The topological polar surface area (TPSA) is 38.8 Å². The maximum Gasteiger partial charge on any atom is 0.410 e. The summed E-state index contributed by atoms with van der Waals surface area (Å²) in [6.45, 7) is 6.71. The molecule has 0 spiro atoms. The van der Waals surface area contributed by atoms with Crippen LogP contribution in [0.2, 0.25) is 0 Å². The lowest BCUT2D eigenvalue weighted by molar-refractivity contribution is -0.0367. The number of nitrogens with zero attached hydrogens (tertiary/aromatic N) is 1. The van der Waals surface area contributed by atoms with Crippen molar-refractivity contribution in [2.45, 2.75) is 83.1 Å². The third-order valence-electron chi connectivity index (χ3n) is 4.56. The second-order valence-corrected chi connectivity index (χ2v) is 7.64. The molecule has 1 saturated carbocycles. The fraction of sp³-hybridized carbons (Fsp3) is 0.938. The summed E-state index contributed by atoms with van der Waals surface area (Å²) in [5, 5.41) is 0. The zero-order valence-corrected chi connectivity index (χ0v) is 12.9. The van der Waals surface area contributed by atoms with Crippen LogP contribution in [0.3, 0.4) is 0 Å². The smallest absolute Gasteiger partial charge is 0.410 e. The molecule has 1 aliphatic carbocycles. The van der Waals surface area contributed by atoms with Gasteiger partial charge in [-0.3, -0.25) is 0 Å². The van der Waals surface area contributed by atoms with Crippen LogP contribution in [-0.2, 0) is 9.47 Å². The van der Waals surface area contributed by atoms with Crippen molar-refractivity contribution in [1.29, 1.82) is 0 Å². The molecule has 2 aliphatic heterocycles. The molecule has 20 heavy (non-hydrogen) atoms. The Balaban J connectivity index is 1.55. The number of hydrogen-bond acceptors (Lipinski definition) is 3. The molecule has 2 saturated heterocycles. The number of carbonyl (C=O) groups is 1. The predicted molar refractivity (Wildman–Crippen MR) is 76.6 cm³/mol. The maximum atomic E-state index is 12.3. The first kappa shape index (κ1) is 14.2. The Morgan fingerprint density at radius 1 is 1.10 bits per heavy atom. The molecule has 2 atom stereocenters. The second kappa shape index (κ2) is 5.21. The van der Waals surface area contributed by atoms with E-state index < -0.39 is 5.60 Å². The molecule has 0 aromatic rings. The lowest BCUT2D eigenvalue weighted by Crippen LogP contribution is -2.50. The normalized spacial score (nSPS) is 33.4. The molecule has 3 aliphatic rings. The molecule has 2 heterocycles. The van der Waals surface area contributed by atoms with Crippen molar-refractivity contribution in [2.24, 2.45) is 5.92 Å². The zero-order valence-electron chi connectivity index (χ0n) is 12.9. The van der Waals surface area contributed by atoms with Crippen LogP contribution in [0.4, 0.5) is 4.79 Å². The predicted octanol–water partition coefficient (Wildman–Crippen LogP) is 3.34. The van der Waals surface area contributed by atoms with Crippen molar-refractivity contribution in [1.82, 2.24) is 4.90 Å². The highest BCUT2D eigenvalue weighted by Gasteiger charge is 2.45. The number of hydrogen-bond donors (Lipinski definition) is 0. The second-order valence-electron chi connectivity index (χ2n) is 7.64. The molecular formula is C16H27NO3. The molecular weight excluding hydrogens is 254 g/mol. The van der Waals surface area contributed by atoms with Gasteiger partial charge >= 0.3 is 6.09 Å². The summed E-state index contributed by atoms with van der Waals surface area (Å²) < 4.78 is 11.6. The number of amides is 1. The van der Waals surface area contributed by atoms with Gasteiger partial charge in [-0.2, -0.15) is 0 Å². The molecule has 1 amide bonds. The van der Waals surface area contributed by atoms with Crippen molar-refractivity contribution in [3.63, 3.8) is 0 Å². The van der Waals surface area contributed by atoms with Crippen LogP contribution in [0.15, 0.2) is 0 Å². The van der Waals surface area contributed by atoms with Gasteiger partial charge in [0, 0.05) is 18.7 Å². The van der Waals surface area contributed by atoms with E-state index in [2.05, 4.69) is 0 Å². The Kier molecular flexibility index (Phi) is 3.69. The maximum absolute atomic E-state index is 12.3. The van der Waals surface area contributed by atoms with Crippen molar-refractivity contribution in [3.05, 3.63) is 0 Å². The van der Waals surface area contributed by atoms with E-state index in [1.165, 1.54) is 12.8 Å². The van der Waals surface area contributed by atoms with E-state index in [0.29, 0.717) is 18.2 Å². The number of ether oxygens (including phenoxy) is 2. The standard InChI is InChI=1S/C16H27NO3/c1-16(2,3)20-15(18)17-12-6-7-13(17)9-14(8-12)19-10-11-4-5-11/h11-14H,4-10H2,1-3H3. The third kappa shape index (κ3) is 3.27. The molecule has 4 heteroatoms. The number of fused-ring (bicyclic) bond motifs is 2. The summed E-state index contributed by atoms with van der Waals surface area (Å²) >= 11 is 0. The van der Waals surface area contributed by atoms with Gasteiger partial charge in [0.25, 0.3) is 0 Å². The molecule has 0 N–H and O–H groups in total. The first-order valence-corrected chi connectivity index (χ1v) is 8.05. The van der Waals surface area contributed by atoms with E-state index in [9.17, 15) is 4.79 Å². The largest absolute Gasteiger partial charge is 0.444 e. The Morgan fingerprint density at radius 2 is 1.70 bits per heavy atom. The first-order chi connectivity index (χ1) is 9.42. The van der Waals surface area contributed by atoms with Crippen molar-refractivity contribution >= 4 is 6.09 Å². The van der Waals surface area contributed by atoms with Crippen LogP contribution in [-0.4, -0.2) is 41.4 Å². The van der Waals surface area contributed by atoms with Gasteiger partial charge in [-0.05, 0) is 65.2 Å². The van der Waals surface area contributed by atoms with E-state index in [1.807, 2.05) is 25.7 Å². The van der Waals surface area contributed by atoms with Gasteiger partial charge in [0.05, 0.1) is 6.10 Å². The third-order valence-corrected chi connectivity index (χ3v) is 4.56. The zero-order chi connectivity index (χ0) is 14.3. The molecule has 3 rings (SSSR count). The van der Waals surface area contributed by atoms with E-state index in [4.69, 9.17) is 9.47 Å². The molecule has 114 valence electrons. The Bertz CT molecular complexity index is 358. The van der Waals surface area contributed by atoms with Gasteiger partial charge in [-0.15, -0.1) is 0 Å². The van der Waals surface area contributed by atoms with Gasteiger partial charge in [0.15, 0.2) is 0 Å². The molecule has 2 unspecified atom stereocenters. The first-order valence-electron chi connectivity index (χ1n) is 8.05. The van der Waals surface area contributed by atoms with E-state index >= 15 is 0 Å². The summed E-state index contributed by atoms with van der Waals surface area (Å²) in [6.07, 6.45) is 7.08. The van der Waals surface area contributed by atoms with Gasteiger partial charge in [0.2, 0.25) is 0 Å². The minimum absolute atomic E-state index is 0.134. The Morgan fingerprint density at radius 3 is 2.20 bits per heavy atom. The van der Waals surface area contributed by atoms with Gasteiger partial charge in [0.1, 0.15) is 5.60 Å². The van der Waals surface area contributed by atoms with Crippen molar-refractivity contribution in [3.8, 4) is 0 Å². The average Bonchev–Trinajstić information content (AvgIpc) is 3.10. The SMILES string of the molecule is CC(C)(C)OC(=O)N1C2CCC1CC(OCC1CC1)C2. The summed E-state index contributed by atoms with van der Waals surface area (Å²) in [7, 11) is 0. The Labute approximate surface area is 121 Å². The summed E-state index contributed by atoms with van der Waals surface area (Å²) in [4.78, 5) is 14.3. The highest BCUT2D eigenvalue weighted by atomic mass is 16.6. The van der Waals surface area contributed by atoms with Crippen LogP contribution < -0.4 is 0 Å². The highest BCUT2D eigenvalue weighted by Crippen LogP contribution is 2.39. The molecule has 3 fully saturated rings. The number of carbonyl (C=O) groups excluding carboxylic acids is 1.